The third-order valence-corrected chi connectivity index (χ3v) is 4.12. The molecule has 1 aliphatic heterocycles. The van der Waals surface area contributed by atoms with Crippen molar-refractivity contribution in [3.63, 3.8) is 0 Å². The lowest BCUT2D eigenvalue weighted by Gasteiger charge is -2.16. The molecule has 0 bridgehead atoms. The highest BCUT2D eigenvalue weighted by molar-refractivity contribution is 7.51. The van der Waals surface area contributed by atoms with Gasteiger partial charge in [0.05, 0.1) is 12.9 Å². The molecule has 0 spiro atoms. The third kappa shape index (κ3) is 3.78. The van der Waals surface area contributed by atoms with Gasteiger partial charge in [-0.05, 0) is 12.8 Å². The maximum absolute atomic E-state index is 10.7. The van der Waals surface area contributed by atoms with Crippen molar-refractivity contribution in [2.75, 3.05) is 36.7 Å². The zero-order chi connectivity index (χ0) is 16.4. The van der Waals surface area contributed by atoms with Gasteiger partial charge in [0.25, 0.3) is 0 Å². The Morgan fingerprint density at radius 2 is 2.04 bits per heavy atom. The number of fused-ring (bicyclic) bond motifs is 1. The van der Waals surface area contributed by atoms with Crippen molar-refractivity contribution in [3.05, 3.63) is 6.33 Å². The molecule has 0 radical (unpaired) electrons. The van der Waals surface area contributed by atoms with Gasteiger partial charge in [-0.1, -0.05) is 0 Å². The minimum atomic E-state index is -4.15. The molecule has 126 valence electrons. The van der Waals surface area contributed by atoms with E-state index in [2.05, 4.69) is 19.9 Å². The van der Waals surface area contributed by atoms with Crippen molar-refractivity contribution < 1.29 is 19.1 Å². The van der Waals surface area contributed by atoms with Crippen LogP contribution in [0, 0.1) is 0 Å². The first-order valence-electron chi connectivity index (χ1n) is 7.30. The van der Waals surface area contributed by atoms with Gasteiger partial charge < -0.3 is 29.7 Å². The first kappa shape index (κ1) is 16.1. The highest BCUT2D eigenvalue weighted by Crippen LogP contribution is 2.33. The Hall–Kier alpha value is -1.74. The summed E-state index contributed by atoms with van der Waals surface area (Å²) >= 11 is 0. The third-order valence-electron chi connectivity index (χ3n) is 3.60. The highest BCUT2D eigenvalue weighted by atomic mass is 31.2. The summed E-state index contributed by atoms with van der Waals surface area (Å²) in [6, 6.07) is 0. The average molecular weight is 342 g/mol. The Kier molecular flexibility index (Phi) is 4.49. The number of nitrogens with two attached hydrogens (primary N) is 1. The number of rotatable bonds is 6. The van der Waals surface area contributed by atoms with Crippen molar-refractivity contribution >= 4 is 30.5 Å². The van der Waals surface area contributed by atoms with Gasteiger partial charge in [0, 0.05) is 19.6 Å². The summed E-state index contributed by atoms with van der Waals surface area (Å²) in [6.45, 7) is 2.35. The summed E-state index contributed by atoms with van der Waals surface area (Å²) in [5.41, 5.74) is 7.08. The molecule has 3 heterocycles. The summed E-state index contributed by atoms with van der Waals surface area (Å²) < 4.78 is 17.5. The number of ether oxygens (including phenoxy) is 1. The van der Waals surface area contributed by atoms with Crippen LogP contribution in [-0.4, -0.2) is 55.4 Å². The lowest BCUT2D eigenvalue weighted by Crippen LogP contribution is -2.20. The van der Waals surface area contributed by atoms with Crippen molar-refractivity contribution in [2.24, 2.45) is 0 Å². The van der Waals surface area contributed by atoms with Crippen LogP contribution in [0.2, 0.25) is 0 Å². The molecule has 1 aliphatic rings. The molecule has 2 aromatic rings. The lowest BCUT2D eigenvalue weighted by atomic mass is 10.4. The minimum absolute atomic E-state index is 0.138. The molecule has 0 amide bonds. The monoisotopic (exact) mass is 342 g/mol. The molecule has 11 heteroatoms. The zero-order valence-electron chi connectivity index (χ0n) is 12.5. The average Bonchev–Trinajstić information content (AvgIpc) is 3.12. The van der Waals surface area contributed by atoms with Crippen molar-refractivity contribution in [1.29, 1.82) is 0 Å². The van der Waals surface area contributed by atoms with Gasteiger partial charge in [-0.15, -0.1) is 0 Å². The van der Waals surface area contributed by atoms with Gasteiger partial charge >= 0.3 is 7.60 Å². The standard InChI is InChI=1S/C12H19N6O4P/c13-12-15-10(17-3-1-2-4-17)9-11(16-12)18(7-14-9)5-6-22-8-23(19,20)21/h7H,1-6,8H2,(H2,13,15,16)(H2,19,20,21). The fourth-order valence-corrected chi connectivity index (χ4v) is 2.97. The van der Waals surface area contributed by atoms with Gasteiger partial charge in [-0.3, -0.25) is 4.57 Å². The lowest BCUT2D eigenvalue weighted by molar-refractivity contribution is 0.149. The first-order chi connectivity index (χ1) is 10.9. The second kappa shape index (κ2) is 6.40. The van der Waals surface area contributed by atoms with Crippen LogP contribution in [0.3, 0.4) is 0 Å². The van der Waals surface area contributed by atoms with E-state index in [-0.39, 0.29) is 12.6 Å². The molecular formula is C12H19N6O4P. The highest BCUT2D eigenvalue weighted by Gasteiger charge is 2.20. The molecule has 0 unspecified atom stereocenters. The van der Waals surface area contributed by atoms with Gasteiger partial charge in [0.2, 0.25) is 5.95 Å². The van der Waals surface area contributed by atoms with E-state index in [0.717, 1.165) is 31.7 Å². The molecule has 0 aromatic carbocycles. The van der Waals surface area contributed by atoms with Gasteiger partial charge in [0.15, 0.2) is 17.0 Å². The summed E-state index contributed by atoms with van der Waals surface area (Å²) in [7, 11) is -4.15. The molecule has 1 saturated heterocycles. The van der Waals surface area contributed by atoms with Crippen LogP contribution in [0.4, 0.5) is 11.8 Å². The normalized spacial score (nSPS) is 15.7. The quantitative estimate of drug-likeness (QED) is 0.494. The number of anilines is 2. The summed E-state index contributed by atoms with van der Waals surface area (Å²) in [5.74, 6) is 0.914. The maximum Gasteiger partial charge on any atom is 0.350 e. The van der Waals surface area contributed by atoms with Crippen LogP contribution >= 0.6 is 7.60 Å². The van der Waals surface area contributed by atoms with E-state index in [9.17, 15) is 4.57 Å². The van der Waals surface area contributed by atoms with Crippen LogP contribution < -0.4 is 10.6 Å². The molecule has 1 fully saturated rings. The molecule has 3 rings (SSSR count). The van der Waals surface area contributed by atoms with Crippen molar-refractivity contribution in [3.8, 4) is 0 Å². The van der Waals surface area contributed by atoms with Crippen LogP contribution in [0.15, 0.2) is 6.33 Å². The predicted octanol–water partition coefficient (Wildman–Crippen LogP) is 0.160. The van der Waals surface area contributed by atoms with Crippen LogP contribution in [0.1, 0.15) is 12.8 Å². The largest absolute Gasteiger partial charge is 0.368 e. The Labute approximate surface area is 132 Å². The summed E-state index contributed by atoms with van der Waals surface area (Å²) in [4.78, 5) is 32.6. The number of hydrogen-bond acceptors (Lipinski definition) is 7. The number of imidazole rings is 1. The fraction of sp³-hybridized carbons (Fsp3) is 0.583. The summed E-state index contributed by atoms with van der Waals surface area (Å²) in [6.07, 6.45) is 3.24. The van der Waals surface area contributed by atoms with E-state index in [1.54, 1.807) is 10.9 Å². The number of nitrogens with zero attached hydrogens (tertiary/aromatic N) is 5. The molecule has 0 atom stereocenters. The SMILES string of the molecule is Nc1nc(N2CCCC2)c2ncn(CCOCP(=O)(O)O)c2n1. The Balaban J connectivity index is 1.78. The van der Waals surface area contributed by atoms with Crippen LogP contribution in [0.25, 0.3) is 11.2 Å². The number of aromatic nitrogens is 4. The molecule has 10 nitrogen and oxygen atoms in total. The van der Waals surface area contributed by atoms with Crippen LogP contribution in [0.5, 0.6) is 0 Å². The zero-order valence-corrected chi connectivity index (χ0v) is 13.4. The number of nitrogen functional groups attached to an aromatic ring is 1. The predicted molar refractivity (Wildman–Crippen MR) is 84.0 cm³/mol. The Morgan fingerprint density at radius 1 is 1.30 bits per heavy atom. The van der Waals surface area contributed by atoms with E-state index in [1.165, 1.54) is 0 Å². The van der Waals surface area contributed by atoms with E-state index >= 15 is 0 Å². The first-order valence-corrected chi connectivity index (χ1v) is 9.09. The molecular weight excluding hydrogens is 323 g/mol. The molecule has 0 saturated carbocycles. The molecule has 2 aromatic heterocycles. The number of hydrogen-bond donors (Lipinski definition) is 3. The van der Waals surface area contributed by atoms with E-state index in [1.807, 2.05) is 0 Å². The van der Waals surface area contributed by atoms with Gasteiger partial charge in [-0.25, -0.2) is 4.98 Å². The maximum atomic E-state index is 10.7. The topological polar surface area (TPSA) is 140 Å². The van der Waals surface area contributed by atoms with Crippen molar-refractivity contribution in [2.45, 2.75) is 19.4 Å². The van der Waals surface area contributed by atoms with Crippen LogP contribution in [-0.2, 0) is 15.8 Å². The van der Waals surface area contributed by atoms with E-state index in [0.29, 0.717) is 17.7 Å². The molecule has 4 N–H and O–H groups in total. The van der Waals surface area contributed by atoms with E-state index < -0.39 is 13.9 Å². The Morgan fingerprint density at radius 3 is 2.74 bits per heavy atom. The second-order valence-corrected chi connectivity index (χ2v) is 7.00. The smallest absolute Gasteiger partial charge is 0.350 e. The van der Waals surface area contributed by atoms with Crippen molar-refractivity contribution in [1.82, 2.24) is 19.5 Å². The summed E-state index contributed by atoms with van der Waals surface area (Å²) in [5, 5.41) is 0. The Bertz CT molecular complexity index is 738. The van der Waals surface area contributed by atoms with Gasteiger partial charge in [-0.2, -0.15) is 9.97 Å². The second-order valence-electron chi connectivity index (χ2n) is 5.41. The molecule has 0 aliphatic carbocycles. The fourth-order valence-electron chi connectivity index (χ4n) is 2.61. The van der Waals surface area contributed by atoms with E-state index in [4.69, 9.17) is 20.3 Å². The van der Waals surface area contributed by atoms with Gasteiger partial charge in [0.1, 0.15) is 6.35 Å². The minimum Gasteiger partial charge on any atom is -0.368 e. The molecule has 23 heavy (non-hydrogen) atoms.